The summed E-state index contributed by atoms with van der Waals surface area (Å²) in [6.07, 6.45) is 0. The van der Waals surface area contributed by atoms with Gasteiger partial charge in [0, 0.05) is 0 Å². The molecule has 2 aromatic carbocycles. The van der Waals surface area contributed by atoms with Crippen LogP contribution in [0.3, 0.4) is 0 Å². The number of hydrogen-bond donors (Lipinski definition) is 1. The van der Waals surface area contributed by atoms with Crippen LogP contribution >= 0.6 is 0 Å². The van der Waals surface area contributed by atoms with Gasteiger partial charge in [-0.05, 0) is 16.7 Å². The van der Waals surface area contributed by atoms with Crippen molar-refractivity contribution < 1.29 is 14.6 Å². The minimum Gasteiger partial charge on any atom is -0.460 e. The van der Waals surface area contributed by atoms with Crippen molar-refractivity contribution in [3.05, 3.63) is 66.7 Å². The van der Waals surface area contributed by atoms with Crippen LogP contribution in [0.25, 0.3) is 16.7 Å². The highest BCUT2D eigenvalue weighted by Gasteiger charge is 2.10. The minimum absolute atomic E-state index is 0.0139. The molecule has 3 heteroatoms. The Morgan fingerprint density at radius 1 is 1.00 bits per heavy atom. The molecule has 0 spiro atoms. The molecule has 2 aromatic rings. The van der Waals surface area contributed by atoms with E-state index in [1.807, 2.05) is 54.6 Å². The molecule has 0 saturated carbocycles. The van der Waals surface area contributed by atoms with E-state index in [9.17, 15) is 4.79 Å². The van der Waals surface area contributed by atoms with Crippen molar-refractivity contribution >= 4 is 11.5 Å². The normalized spacial score (nSPS) is 10.1. The fourth-order valence-corrected chi connectivity index (χ4v) is 1.84. The van der Waals surface area contributed by atoms with Crippen LogP contribution in [0.5, 0.6) is 0 Å². The number of carbonyl (C=O) groups is 1. The third kappa shape index (κ3) is 3.33. The number of esters is 1. The average Bonchev–Trinajstić information content (AvgIpc) is 2.53. The van der Waals surface area contributed by atoms with Crippen LogP contribution in [-0.2, 0) is 9.53 Å². The number of hydrogen-bond acceptors (Lipinski definition) is 3. The Balaban J connectivity index is 2.12. The maximum absolute atomic E-state index is 11.6. The summed E-state index contributed by atoms with van der Waals surface area (Å²) in [6.45, 7) is 3.52. The maximum atomic E-state index is 11.6. The van der Waals surface area contributed by atoms with Crippen molar-refractivity contribution in [1.29, 1.82) is 0 Å². The lowest BCUT2D eigenvalue weighted by Crippen LogP contribution is -2.09. The summed E-state index contributed by atoms with van der Waals surface area (Å²) >= 11 is 0. The predicted molar refractivity (Wildman–Crippen MR) is 79.0 cm³/mol. The second-order valence-electron chi connectivity index (χ2n) is 4.28. The third-order valence-corrected chi connectivity index (χ3v) is 2.91. The van der Waals surface area contributed by atoms with Gasteiger partial charge in [-0.25, -0.2) is 4.79 Å². The first-order chi connectivity index (χ1) is 9.72. The first-order valence-corrected chi connectivity index (χ1v) is 6.35. The van der Waals surface area contributed by atoms with Crippen LogP contribution in [0.4, 0.5) is 0 Å². The first kappa shape index (κ1) is 14.0. The molecule has 0 aliphatic rings. The summed E-state index contributed by atoms with van der Waals surface area (Å²) < 4.78 is 4.83. The third-order valence-electron chi connectivity index (χ3n) is 2.91. The van der Waals surface area contributed by atoms with Gasteiger partial charge in [-0.1, -0.05) is 61.2 Å². The van der Waals surface area contributed by atoms with Crippen LogP contribution in [-0.4, -0.2) is 24.3 Å². The highest BCUT2D eigenvalue weighted by molar-refractivity contribution is 6.15. The number of carbonyl (C=O) groups excluding carboxylic acids is 1. The van der Waals surface area contributed by atoms with Gasteiger partial charge in [-0.3, -0.25) is 0 Å². The molecule has 20 heavy (non-hydrogen) atoms. The van der Waals surface area contributed by atoms with E-state index in [0.717, 1.165) is 11.1 Å². The molecule has 0 heterocycles. The lowest BCUT2D eigenvalue weighted by atomic mass is 10.0. The molecule has 0 radical (unpaired) electrons. The van der Waals surface area contributed by atoms with Crippen molar-refractivity contribution in [3.63, 3.8) is 0 Å². The van der Waals surface area contributed by atoms with E-state index in [4.69, 9.17) is 9.84 Å². The van der Waals surface area contributed by atoms with Crippen molar-refractivity contribution in [2.75, 3.05) is 13.2 Å². The molecule has 0 unspecified atom stereocenters. The van der Waals surface area contributed by atoms with Crippen molar-refractivity contribution in [1.82, 2.24) is 0 Å². The van der Waals surface area contributed by atoms with E-state index in [1.54, 1.807) is 0 Å². The summed E-state index contributed by atoms with van der Waals surface area (Å²) in [7, 11) is 0. The van der Waals surface area contributed by atoms with Crippen molar-refractivity contribution in [2.24, 2.45) is 0 Å². The Kier molecular flexibility index (Phi) is 4.69. The van der Waals surface area contributed by atoms with E-state index in [2.05, 4.69) is 6.58 Å². The second kappa shape index (κ2) is 6.68. The molecule has 1 N–H and O–H groups in total. The van der Waals surface area contributed by atoms with Gasteiger partial charge < -0.3 is 9.84 Å². The summed E-state index contributed by atoms with van der Waals surface area (Å²) in [4.78, 5) is 11.6. The summed E-state index contributed by atoms with van der Waals surface area (Å²) in [6, 6.07) is 17.5. The fraction of sp³-hybridized carbons (Fsp3) is 0.118. The quantitative estimate of drug-likeness (QED) is 0.670. The van der Waals surface area contributed by atoms with Gasteiger partial charge in [0.2, 0.25) is 0 Å². The van der Waals surface area contributed by atoms with Crippen LogP contribution in [0.15, 0.2) is 61.2 Å². The van der Waals surface area contributed by atoms with Gasteiger partial charge >= 0.3 is 5.97 Å². The largest absolute Gasteiger partial charge is 0.460 e. The van der Waals surface area contributed by atoms with E-state index in [0.29, 0.717) is 5.56 Å². The lowest BCUT2D eigenvalue weighted by molar-refractivity contribution is -0.137. The molecule has 3 nitrogen and oxygen atoms in total. The highest BCUT2D eigenvalue weighted by Crippen LogP contribution is 2.22. The van der Waals surface area contributed by atoms with Gasteiger partial charge in [0.25, 0.3) is 0 Å². The van der Waals surface area contributed by atoms with Gasteiger partial charge in [0.1, 0.15) is 6.61 Å². The van der Waals surface area contributed by atoms with E-state index >= 15 is 0 Å². The Hall–Kier alpha value is -2.39. The Morgan fingerprint density at radius 2 is 1.60 bits per heavy atom. The predicted octanol–water partition coefficient (Wildman–Crippen LogP) is 2.90. The molecule has 2 rings (SSSR count). The Morgan fingerprint density at radius 3 is 2.20 bits per heavy atom. The van der Waals surface area contributed by atoms with E-state index in [-0.39, 0.29) is 18.8 Å². The molecular formula is C17H16O3. The molecular weight excluding hydrogens is 252 g/mol. The Labute approximate surface area is 118 Å². The fourth-order valence-electron chi connectivity index (χ4n) is 1.84. The van der Waals surface area contributed by atoms with Gasteiger partial charge in [0.15, 0.2) is 0 Å². The van der Waals surface area contributed by atoms with E-state index in [1.165, 1.54) is 0 Å². The van der Waals surface area contributed by atoms with Gasteiger partial charge in [0.05, 0.1) is 12.2 Å². The smallest absolute Gasteiger partial charge is 0.338 e. The SMILES string of the molecule is C=C(C(=O)OCCO)c1ccc(-c2ccccc2)cc1. The molecule has 0 aromatic heterocycles. The summed E-state index contributed by atoms with van der Waals surface area (Å²) in [5.74, 6) is -0.508. The summed E-state index contributed by atoms with van der Waals surface area (Å²) in [5.41, 5.74) is 3.20. The molecule has 0 amide bonds. The molecule has 0 aliphatic carbocycles. The Bertz CT molecular complexity index is 585. The molecule has 0 bridgehead atoms. The zero-order valence-corrected chi connectivity index (χ0v) is 11.1. The highest BCUT2D eigenvalue weighted by atomic mass is 16.5. The number of aliphatic hydroxyl groups is 1. The molecule has 0 atom stereocenters. The van der Waals surface area contributed by atoms with Crippen molar-refractivity contribution in [3.8, 4) is 11.1 Å². The van der Waals surface area contributed by atoms with Crippen molar-refractivity contribution in [2.45, 2.75) is 0 Å². The minimum atomic E-state index is -0.508. The standard InChI is InChI=1S/C17H16O3/c1-13(17(19)20-12-11-18)14-7-9-16(10-8-14)15-5-3-2-4-6-15/h2-10,18H,1,11-12H2. The molecule has 102 valence electrons. The molecule has 0 fully saturated rings. The second-order valence-corrected chi connectivity index (χ2v) is 4.28. The molecule has 0 aliphatic heterocycles. The maximum Gasteiger partial charge on any atom is 0.338 e. The number of aliphatic hydroxyl groups excluding tert-OH is 1. The average molecular weight is 268 g/mol. The number of benzene rings is 2. The van der Waals surface area contributed by atoms with E-state index < -0.39 is 5.97 Å². The zero-order chi connectivity index (χ0) is 14.4. The van der Waals surface area contributed by atoms with Gasteiger partial charge in [-0.15, -0.1) is 0 Å². The van der Waals surface area contributed by atoms with Crippen LogP contribution < -0.4 is 0 Å². The molecule has 0 saturated heterocycles. The first-order valence-electron chi connectivity index (χ1n) is 6.35. The monoisotopic (exact) mass is 268 g/mol. The number of rotatable bonds is 5. The summed E-state index contributed by atoms with van der Waals surface area (Å²) in [5, 5.41) is 8.62. The lowest BCUT2D eigenvalue weighted by Gasteiger charge is -2.07. The van der Waals surface area contributed by atoms with Crippen LogP contribution in [0.1, 0.15) is 5.56 Å². The van der Waals surface area contributed by atoms with Gasteiger partial charge in [-0.2, -0.15) is 0 Å². The number of ether oxygens (including phenoxy) is 1. The van der Waals surface area contributed by atoms with Crippen LogP contribution in [0, 0.1) is 0 Å². The topological polar surface area (TPSA) is 46.5 Å². The van der Waals surface area contributed by atoms with Crippen LogP contribution in [0.2, 0.25) is 0 Å². The zero-order valence-electron chi connectivity index (χ0n) is 11.1.